The number of aryl methyl sites for hydroxylation is 3. The van der Waals surface area contributed by atoms with Crippen LogP contribution >= 0.6 is 0 Å². The van der Waals surface area contributed by atoms with Crippen molar-refractivity contribution in [2.45, 2.75) is 34.6 Å². The highest BCUT2D eigenvalue weighted by atomic mass is 14.8. The summed E-state index contributed by atoms with van der Waals surface area (Å²) in [5.41, 5.74) is 6.86. The fraction of sp³-hybridized carbons (Fsp3) is 0.357. The van der Waals surface area contributed by atoms with Crippen molar-refractivity contribution in [2.75, 3.05) is 0 Å². The van der Waals surface area contributed by atoms with Crippen molar-refractivity contribution in [2.24, 2.45) is 4.99 Å². The molecule has 0 unspecified atom stereocenters. The smallest absolute Gasteiger partial charge is 0.0691 e. The lowest BCUT2D eigenvalue weighted by Gasteiger charge is -2.08. The van der Waals surface area contributed by atoms with Crippen LogP contribution in [0.3, 0.4) is 0 Å². The highest BCUT2D eigenvalue weighted by molar-refractivity contribution is 5.99. The van der Waals surface area contributed by atoms with E-state index in [0.717, 1.165) is 17.0 Å². The number of aliphatic imine (C=N–C) groups is 1. The fourth-order valence-electron chi connectivity index (χ4n) is 1.61. The van der Waals surface area contributed by atoms with Crippen LogP contribution in [0.2, 0.25) is 0 Å². The van der Waals surface area contributed by atoms with Gasteiger partial charge in [-0.3, -0.25) is 4.99 Å². The summed E-state index contributed by atoms with van der Waals surface area (Å²) in [5, 5.41) is 0. The first-order valence-electron chi connectivity index (χ1n) is 5.21. The van der Waals surface area contributed by atoms with Gasteiger partial charge in [-0.2, -0.15) is 0 Å². The second-order valence-corrected chi connectivity index (χ2v) is 4.22. The van der Waals surface area contributed by atoms with Crippen LogP contribution in [-0.4, -0.2) is 5.71 Å². The lowest BCUT2D eigenvalue weighted by molar-refractivity contribution is 1.28. The predicted molar refractivity (Wildman–Crippen MR) is 68.2 cm³/mol. The highest BCUT2D eigenvalue weighted by Crippen LogP contribution is 2.25. The van der Waals surface area contributed by atoms with Crippen LogP contribution in [-0.2, 0) is 0 Å². The Bertz CT molecular complexity index is 402. The van der Waals surface area contributed by atoms with E-state index >= 15 is 0 Å². The van der Waals surface area contributed by atoms with E-state index in [1.165, 1.54) is 16.7 Å². The van der Waals surface area contributed by atoms with E-state index < -0.39 is 0 Å². The molecule has 1 rings (SSSR count). The first-order valence-corrected chi connectivity index (χ1v) is 5.21. The van der Waals surface area contributed by atoms with Crippen LogP contribution in [0.15, 0.2) is 29.3 Å². The maximum Gasteiger partial charge on any atom is 0.0691 e. The van der Waals surface area contributed by atoms with E-state index in [1.54, 1.807) is 0 Å². The van der Waals surface area contributed by atoms with Gasteiger partial charge in [-0.1, -0.05) is 24.3 Å². The Balaban J connectivity index is 3.27. The molecule has 0 aliphatic rings. The van der Waals surface area contributed by atoms with Gasteiger partial charge in [0.2, 0.25) is 0 Å². The number of allylic oxidation sites excluding steroid dienone is 1. The molecule has 0 saturated carbocycles. The Morgan fingerprint density at radius 3 is 1.93 bits per heavy atom. The van der Waals surface area contributed by atoms with Crippen LogP contribution < -0.4 is 0 Å². The van der Waals surface area contributed by atoms with Crippen LogP contribution in [0, 0.1) is 20.8 Å². The van der Waals surface area contributed by atoms with Gasteiger partial charge in [0.15, 0.2) is 0 Å². The molecule has 0 radical (unpaired) electrons. The van der Waals surface area contributed by atoms with Crippen LogP contribution in [0.4, 0.5) is 5.69 Å². The summed E-state index contributed by atoms with van der Waals surface area (Å²) in [7, 11) is 0. The normalized spacial score (nSPS) is 11.7. The minimum Gasteiger partial charge on any atom is -0.253 e. The summed E-state index contributed by atoms with van der Waals surface area (Å²) in [6.45, 7) is 14.2. The molecular weight excluding hydrogens is 182 g/mol. The maximum atomic E-state index is 4.62. The van der Waals surface area contributed by atoms with Gasteiger partial charge in [-0.15, -0.1) is 0 Å². The minimum absolute atomic E-state index is 1.00. The van der Waals surface area contributed by atoms with Crippen molar-refractivity contribution in [3.8, 4) is 0 Å². The van der Waals surface area contributed by atoms with Gasteiger partial charge >= 0.3 is 0 Å². The van der Waals surface area contributed by atoms with E-state index in [4.69, 9.17) is 0 Å². The number of rotatable bonds is 2. The molecule has 80 valence electrons. The lowest BCUT2D eigenvalue weighted by Crippen LogP contribution is -1.92. The number of benzene rings is 1. The van der Waals surface area contributed by atoms with E-state index in [2.05, 4.69) is 44.5 Å². The van der Waals surface area contributed by atoms with Gasteiger partial charge < -0.3 is 0 Å². The average Bonchev–Trinajstić information content (AvgIpc) is 2.10. The maximum absolute atomic E-state index is 4.62. The van der Waals surface area contributed by atoms with Gasteiger partial charge in [0, 0.05) is 5.71 Å². The van der Waals surface area contributed by atoms with Crippen molar-refractivity contribution in [1.82, 2.24) is 0 Å². The Hall–Kier alpha value is -1.37. The Morgan fingerprint density at radius 1 is 1.07 bits per heavy atom. The van der Waals surface area contributed by atoms with E-state index in [0.29, 0.717) is 0 Å². The van der Waals surface area contributed by atoms with Gasteiger partial charge in [0.05, 0.1) is 5.69 Å². The van der Waals surface area contributed by atoms with E-state index in [9.17, 15) is 0 Å². The summed E-state index contributed by atoms with van der Waals surface area (Å²) in [4.78, 5) is 4.62. The molecule has 1 heteroatoms. The van der Waals surface area contributed by atoms with Crippen molar-refractivity contribution >= 4 is 11.4 Å². The number of hydrogen-bond donors (Lipinski definition) is 0. The highest BCUT2D eigenvalue weighted by Gasteiger charge is 2.03. The molecule has 0 bridgehead atoms. The Labute approximate surface area is 92.6 Å². The fourth-order valence-corrected chi connectivity index (χ4v) is 1.61. The Morgan fingerprint density at radius 2 is 1.53 bits per heavy atom. The summed E-state index contributed by atoms with van der Waals surface area (Å²) in [5.74, 6) is 0. The second-order valence-electron chi connectivity index (χ2n) is 4.22. The van der Waals surface area contributed by atoms with Crippen molar-refractivity contribution in [1.29, 1.82) is 0 Å². The molecule has 1 aromatic rings. The molecule has 0 aromatic heterocycles. The quantitative estimate of drug-likeness (QED) is 0.633. The first-order chi connectivity index (χ1) is 6.91. The van der Waals surface area contributed by atoms with Crippen molar-refractivity contribution in [3.63, 3.8) is 0 Å². The number of hydrogen-bond acceptors (Lipinski definition) is 1. The molecule has 0 N–H and O–H groups in total. The zero-order valence-electron chi connectivity index (χ0n) is 10.3. The predicted octanol–water partition coefficient (Wildman–Crippen LogP) is 4.28. The summed E-state index contributed by atoms with van der Waals surface area (Å²) < 4.78 is 0. The number of nitrogens with zero attached hydrogens (tertiary/aromatic N) is 1. The van der Waals surface area contributed by atoms with E-state index in [-0.39, 0.29) is 0 Å². The largest absolute Gasteiger partial charge is 0.253 e. The molecule has 0 spiro atoms. The molecular formula is C14H19N. The second kappa shape index (κ2) is 4.43. The molecule has 15 heavy (non-hydrogen) atoms. The molecule has 0 aliphatic carbocycles. The third-order valence-corrected chi connectivity index (χ3v) is 2.53. The molecule has 0 saturated heterocycles. The molecule has 1 nitrogen and oxygen atoms in total. The third-order valence-electron chi connectivity index (χ3n) is 2.53. The van der Waals surface area contributed by atoms with Crippen molar-refractivity contribution < 1.29 is 0 Å². The van der Waals surface area contributed by atoms with E-state index in [1.807, 2.05) is 13.8 Å². The topological polar surface area (TPSA) is 12.4 Å². The monoisotopic (exact) mass is 201 g/mol. The SMILES string of the molecule is C=C(C)C(C)=Nc1c(C)cc(C)cc1C. The lowest BCUT2D eigenvalue weighted by atomic mass is 10.1. The third kappa shape index (κ3) is 2.79. The van der Waals surface area contributed by atoms with Gasteiger partial charge in [0.25, 0.3) is 0 Å². The van der Waals surface area contributed by atoms with Crippen LogP contribution in [0.25, 0.3) is 0 Å². The summed E-state index contributed by atoms with van der Waals surface area (Å²) >= 11 is 0. The van der Waals surface area contributed by atoms with Crippen molar-refractivity contribution in [3.05, 3.63) is 41.0 Å². The van der Waals surface area contributed by atoms with Crippen LogP contribution in [0.1, 0.15) is 30.5 Å². The zero-order chi connectivity index (χ0) is 11.6. The summed E-state index contributed by atoms with van der Waals surface area (Å²) in [6.07, 6.45) is 0. The van der Waals surface area contributed by atoms with Gasteiger partial charge in [0.1, 0.15) is 0 Å². The Kier molecular flexibility index (Phi) is 3.46. The molecule has 0 atom stereocenters. The molecule has 0 heterocycles. The molecule has 0 fully saturated rings. The zero-order valence-corrected chi connectivity index (χ0v) is 10.3. The van der Waals surface area contributed by atoms with Crippen LogP contribution in [0.5, 0.6) is 0 Å². The average molecular weight is 201 g/mol. The molecule has 0 aliphatic heterocycles. The van der Waals surface area contributed by atoms with Gasteiger partial charge in [-0.25, -0.2) is 0 Å². The summed E-state index contributed by atoms with van der Waals surface area (Å²) in [6, 6.07) is 4.33. The standard InChI is InChI=1S/C14H19N/c1-9(2)13(6)15-14-11(4)7-10(3)8-12(14)5/h7-8H,1H2,2-6H3. The van der Waals surface area contributed by atoms with Gasteiger partial charge in [-0.05, 0) is 51.3 Å². The molecule has 1 aromatic carbocycles. The molecule has 0 amide bonds. The first kappa shape index (κ1) is 11.7. The minimum atomic E-state index is 1.00.